The molecule has 0 aliphatic heterocycles. The predicted octanol–water partition coefficient (Wildman–Crippen LogP) is 5.36. The lowest BCUT2D eigenvalue weighted by Crippen LogP contribution is -2.04. The van der Waals surface area contributed by atoms with Gasteiger partial charge in [0.25, 0.3) is 0 Å². The molecule has 0 saturated carbocycles. The largest absolute Gasteiger partial charge is 0.464 e. The Kier molecular flexibility index (Phi) is 5.31. The zero-order chi connectivity index (χ0) is 15.4. The normalized spacial score (nSPS) is 11.0. The molecule has 3 nitrogen and oxygen atoms in total. The molecule has 2 rings (SSSR count). The minimum atomic E-state index is -2.98. The van der Waals surface area contributed by atoms with E-state index in [9.17, 15) is 8.78 Å². The minimum Gasteiger partial charge on any atom is -0.464 e. The zero-order valence-electron chi connectivity index (χ0n) is 11.1. The summed E-state index contributed by atoms with van der Waals surface area (Å²) < 4.78 is 34.2. The Labute approximate surface area is 130 Å². The van der Waals surface area contributed by atoms with Crippen LogP contribution >= 0.6 is 23.2 Å². The summed E-state index contributed by atoms with van der Waals surface area (Å²) in [5, 5.41) is 3.08. The molecular formula is C14H13Cl2F2NO2. The summed E-state index contributed by atoms with van der Waals surface area (Å²) in [6.07, 6.45) is 0.817. The van der Waals surface area contributed by atoms with E-state index in [0.29, 0.717) is 12.2 Å². The van der Waals surface area contributed by atoms with Gasteiger partial charge in [0.15, 0.2) is 5.75 Å². The first-order valence-corrected chi connectivity index (χ1v) is 7.00. The first-order valence-electron chi connectivity index (χ1n) is 6.25. The van der Waals surface area contributed by atoms with Crippen molar-refractivity contribution in [3.63, 3.8) is 0 Å². The predicted molar refractivity (Wildman–Crippen MR) is 78.5 cm³/mol. The van der Waals surface area contributed by atoms with E-state index >= 15 is 0 Å². The highest BCUT2D eigenvalue weighted by Gasteiger charge is 2.14. The molecule has 7 heteroatoms. The van der Waals surface area contributed by atoms with Crippen LogP contribution in [0.5, 0.6) is 5.75 Å². The fraction of sp³-hybridized carbons (Fsp3) is 0.286. The molecule has 0 aliphatic carbocycles. The van der Waals surface area contributed by atoms with Gasteiger partial charge in [-0.15, -0.1) is 0 Å². The quantitative estimate of drug-likeness (QED) is 0.771. The molecule has 0 unspecified atom stereocenters. The van der Waals surface area contributed by atoms with E-state index in [1.165, 1.54) is 12.1 Å². The van der Waals surface area contributed by atoms with Crippen LogP contribution in [0.1, 0.15) is 18.4 Å². The molecule has 0 saturated heterocycles. The molecule has 1 aromatic heterocycles. The molecule has 0 atom stereocenters. The van der Waals surface area contributed by atoms with Crippen molar-refractivity contribution in [2.75, 3.05) is 5.32 Å². The van der Waals surface area contributed by atoms with Crippen LogP contribution in [-0.2, 0) is 13.0 Å². The van der Waals surface area contributed by atoms with E-state index in [2.05, 4.69) is 10.1 Å². The van der Waals surface area contributed by atoms with Crippen LogP contribution in [0.2, 0.25) is 10.0 Å². The Morgan fingerprint density at radius 1 is 1.19 bits per heavy atom. The fourth-order valence-electron chi connectivity index (χ4n) is 1.76. The summed E-state index contributed by atoms with van der Waals surface area (Å²) in [6, 6.07) is 6.70. The number of hydrogen-bond acceptors (Lipinski definition) is 3. The topological polar surface area (TPSA) is 34.4 Å². The average Bonchev–Trinajstić information content (AvgIpc) is 2.88. The summed E-state index contributed by atoms with van der Waals surface area (Å²) in [5.74, 6) is 1.42. The van der Waals surface area contributed by atoms with Crippen LogP contribution in [0.25, 0.3) is 0 Å². The van der Waals surface area contributed by atoms with Gasteiger partial charge in [0, 0.05) is 12.1 Å². The number of furan rings is 1. The SMILES string of the molecule is CCc1ccc(CNc2cc(Cl)c(OC(F)F)c(Cl)c2)o1. The van der Waals surface area contributed by atoms with Crippen LogP contribution in [0, 0.1) is 0 Å². The molecular weight excluding hydrogens is 323 g/mol. The molecule has 0 aliphatic rings. The number of halogens is 4. The summed E-state index contributed by atoms with van der Waals surface area (Å²) in [5.41, 5.74) is 0.584. The highest BCUT2D eigenvalue weighted by molar-refractivity contribution is 6.37. The molecule has 0 bridgehead atoms. The van der Waals surface area contributed by atoms with Crippen LogP contribution in [0.15, 0.2) is 28.7 Å². The molecule has 2 aromatic rings. The van der Waals surface area contributed by atoms with Crippen LogP contribution in [0.3, 0.4) is 0 Å². The first kappa shape index (κ1) is 15.9. The number of benzene rings is 1. The van der Waals surface area contributed by atoms with E-state index in [4.69, 9.17) is 27.6 Å². The molecule has 1 N–H and O–H groups in total. The van der Waals surface area contributed by atoms with E-state index in [1.807, 2.05) is 19.1 Å². The second-order valence-electron chi connectivity index (χ2n) is 4.22. The number of rotatable bonds is 6. The Balaban J connectivity index is 2.07. The van der Waals surface area contributed by atoms with Crippen molar-refractivity contribution >= 4 is 28.9 Å². The van der Waals surface area contributed by atoms with Crippen molar-refractivity contribution in [2.45, 2.75) is 26.5 Å². The van der Waals surface area contributed by atoms with Crippen LogP contribution in [0.4, 0.5) is 14.5 Å². The Morgan fingerprint density at radius 2 is 1.81 bits per heavy atom. The van der Waals surface area contributed by atoms with Crippen molar-refractivity contribution in [1.82, 2.24) is 0 Å². The summed E-state index contributed by atoms with van der Waals surface area (Å²) in [6.45, 7) is -0.548. The number of hydrogen-bond donors (Lipinski definition) is 1. The van der Waals surface area contributed by atoms with Gasteiger partial charge in [-0.25, -0.2) is 0 Å². The number of ether oxygens (including phenoxy) is 1. The van der Waals surface area contributed by atoms with Gasteiger partial charge in [-0.3, -0.25) is 0 Å². The van der Waals surface area contributed by atoms with Gasteiger partial charge >= 0.3 is 6.61 Å². The van der Waals surface area contributed by atoms with Gasteiger partial charge in [-0.05, 0) is 24.3 Å². The van der Waals surface area contributed by atoms with Gasteiger partial charge in [0.05, 0.1) is 16.6 Å². The monoisotopic (exact) mass is 335 g/mol. The van der Waals surface area contributed by atoms with Crippen molar-refractivity contribution in [3.8, 4) is 5.75 Å². The number of alkyl halides is 2. The smallest absolute Gasteiger partial charge is 0.387 e. The third-order valence-corrected chi connectivity index (χ3v) is 3.30. The van der Waals surface area contributed by atoms with E-state index in [0.717, 1.165) is 17.9 Å². The Hall–Kier alpha value is -1.46. The summed E-state index contributed by atoms with van der Waals surface area (Å²) in [7, 11) is 0. The lowest BCUT2D eigenvalue weighted by molar-refractivity contribution is -0.0497. The molecule has 0 amide bonds. The Bertz CT molecular complexity index is 594. The lowest BCUT2D eigenvalue weighted by atomic mass is 10.3. The molecule has 1 aromatic carbocycles. The summed E-state index contributed by atoms with van der Waals surface area (Å²) in [4.78, 5) is 0. The molecule has 1 heterocycles. The van der Waals surface area contributed by atoms with Crippen molar-refractivity contribution < 1.29 is 17.9 Å². The van der Waals surface area contributed by atoms with Gasteiger partial charge in [0.2, 0.25) is 0 Å². The van der Waals surface area contributed by atoms with Gasteiger partial charge in [-0.1, -0.05) is 30.1 Å². The third kappa shape index (κ3) is 4.25. The maximum absolute atomic E-state index is 12.2. The van der Waals surface area contributed by atoms with E-state index in [1.54, 1.807) is 0 Å². The van der Waals surface area contributed by atoms with Gasteiger partial charge < -0.3 is 14.5 Å². The van der Waals surface area contributed by atoms with Crippen molar-refractivity contribution in [2.24, 2.45) is 0 Å². The number of anilines is 1. The van der Waals surface area contributed by atoms with Crippen molar-refractivity contribution in [1.29, 1.82) is 0 Å². The second-order valence-corrected chi connectivity index (χ2v) is 5.04. The highest BCUT2D eigenvalue weighted by atomic mass is 35.5. The minimum absolute atomic E-state index is 0.0130. The lowest BCUT2D eigenvalue weighted by Gasteiger charge is -2.11. The average molecular weight is 336 g/mol. The first-order chi connectivity index (χ1) is 9.99. The standard InChI is InChI=1S/C14H13Cl2F2NO2/c1-2-9-3-4-10(20-9)7-19-8-5-11(15)13(12(16)6-8)21-14(17)18/h3-6,14,19H,2,7H2,1H3. The van der Waals surface area contributed by atoms with Gasteiger partial charge in [0.1, 0.15) is 11.5 Å². The molecule has 114 valence electrons. The second kappa shape index (κ2) is 7.00. The fourth-order valence-corrected chi connectivity index (χ4v) is 2.34. The summed E-state index contributed by atoms with van der Waals surface area (Å²) >= 11 is 11.8. The Morgan fingerprint density at radius 3 is 2.33 bits per heavy atom. The molecule has 0 radical (unpaired) electrons. The zero-order valence-corrected chi connectivity index (χ0v) is 12.6. The van der Waals surface area contributed by atoms with E-state index in [-0.39, 0.29) is 15.8 Å². The van der Waals surface area contributed by atoms with Gasteiger partial charge in [-0.2, -0.15) is 8.78 Å². The molecule has 21 heavy (non-hydrogen) atoms. The van der Waals surface area contributed by atoms with Crippen LogP contribution < -0.4 is 10.1 Å². The number of aryl methyl sites for hydroxylation is 1. The molecule has 0 spiro atoms. The highest BCUT2D eigenvalue weighted by Crippen LogP contribution is 2.37. The maximum Gasteiger partial charge on any atom is 0.387 e. The van der Waals surface area contributed by atoms with E-state index < -0.39 is 6.61 Å². The third-order valence-electron chi connectivity index (χ3n) is 2.74. The van der Waals surface area contributed by atoms with Crippen molar-refractivity contribution in [3.05, 3.63) is 45.8 Å². The maximum atomic E-state index is 12.2. The molecule has 0 fully saturated rings. The number of nitrogens with one attached hydrogen (secondary N) is 1. The van der Waals surface area contributed by atoms with Crippen LogP contribution in [-0.4, -0.2) is 6.61 Å².